The number of rotatable bonds is 6. The number of hydrogen-bond acceptors (Lipinski definition) is 4. The Hall–Kier alpha value is -2.22. The van der Waals surface area contributed by atoms with E-state index in [1.54, 1.807) is 42.6 Å². The average molecular weight is 406 g/mol. The lowest BCUT2D eigenvalue weighted by molar-refractivity contribution is 0.609. The van der Waals surface area contributed by atoms with Crippen LogP contribution in [0.1, 0.15) is 5.56 Å². The van der Waals surface area contributed by atoms with Crippen molar-refractivity contribution in [2.45, 2.75) is 10.1 Å². The number of halogens is 1. The molecule has 26 heavy (non-hydrogen) atoms. The molecule has 0 saturated heterocycles. The number of nitrogens with zero attached hydrogens (tertiary/aromatic N) is 2. The summed E-state index contributed by atoms with van der Waals surface area (Å²) in [4.78, 5) is 5.22. The molecule has 8 heteroatoms. The smallest absolute Gasteiger partial charge is 0.255 e. The van der Waals surface area contributed by atoms with Crippen LogP contribution >= 0.6 is 23.4 Å². The fourth-order valence-electron chi connectivity index (χ4n) is 2.09. The lowest BCUT2D eigenvalue weighted by atomic mass is 10.2. The van der Waals surface area contributed by atoms with E-state index in [0.29, 0.717) is 10.7 Å². The van der Waals surface area contributed by atoms with E-state index in [9.17, 15) is 8.42 Å². The molecule has 0 radical (unpaired) electrons. The maximum Gasteiger partial charge on any atom is 0.255 e. The molecule has 0 fully saturated rings. The highest BCUT2D eigenvalue weighted by atomic mass is 35.5. The van der Waals surface area contributed by atoms with Gasteiger partial charge < -0.3 is 4.57 Å². The van der Waals surface area contributed by atoms with Crippen molar-refractivity contribution >= 4 is 45.1 Å². The van der Waals surface area contributed by atoms with Crippen molar-refractivity contribution in [1.82, 2.24) is 9.55 Å². The highest BCUT2D eigenvalue weighted by molar-refractivity contribution is 7.99. The van der Waals surface area contributed by atoms with Crippen molar-refractivity contribution < 1.29 is 8.42 Å². The molecular formula is C18H16ClN3O2S2. The molecule has 0 atom stereocenters. The fraction of sp³-hybridized carbons (Fsp3) is 0.0556. The molecule has 1 aromatic heterocycles. The number of aryl methyl sites for hydroxylation is 1. The van der Waals surface area contributed by atoms with E-state index in [0.717, 1.165) is 21.0 Å². The van der Waals surface area contributed by atoms with E-state index >= 15 is 0 Å². The van der Waals surface area contributed by atoms with Crippen LogP contribution in [0.5, 0.6) is 0 Å². The molecule has 3 rings (SSSR count). The minimum Gasteiger partial charge on any atom is -0.329 e. The van der Waals surface area contributed by atoms with Crippen LogP contribution in [0.4, 0.5) is 5.69 Å². The second kappa shape index (κ2) is 7.99. The van der Waals surface area contributed by atoms with Gasteiger partial charge in [-0.3, -0.25) is 4.72 Å². The second-order valence-electron chi connectivity index (χ2n) is 5.45. The average Bonchev–Trinajstić information content (AvgIpc) is 3.01. The van der Waals surface area contributed by atoms with Crippen molar-refractivity contribution in [1.29, 1.82) is 0 Å². The molecular weight excluding hydrogens is 390 g/mol. The van der Waals surface area contributed by atoms with Gasteiger partial charge >= 0.3 is 0 Å². The lowest BCUT2D eigenvalue weighted by Gasteiger charge is -2.06. The SMILES string of the molecule is Cn1ccnc1Sc1ccc(NS(=O)(=O)/C=C/c2ccc(Cl)cc2)cc1. The van der Waals surface area contributed by atoms with Gasteiger partial charge in [0.25, 0.3) is 10.0 Å². The molecule has 0 aliphatic rings. The quantitative estimate of drug-likeness (QED) is 0.649. The molecule has 2 aromatic carbocycles. The molecule has 3 aromatic rings. The molecule has 0 aliphatic carbocycles. The highest BCUT2D eigenvalue weighted by Gasteiger charge is 2.07. The van der Waals surface area contributed by atoms with Gasteiger partial charge in [-0.15, -0.1) is 0 Å². The lowest BCUT2D eigenvalue weighted by Crippen LogP contribution is -2.08. The minimum absolute atomic E-state index is 0.495. The molecule has 0 unspecified atom stereocenters. The third-order valence-electron chi connectivity index (χ3n) is 3.41. The molecule has 1 N–H and O–H groups in total. The molecule has 0 aliphatic heterocycles. The maximum atomic E-state index is 12.2. The molecule has 0 spiro atoms. The predicted molar refractivity (Wildman–Crippen MR) is 107 cm³/mol. The van der Waals surface area contributed by atoms with Crippen LogP contribution in [0.2, 0.25) is 5.02 Å². The molecule has 0 bridgehead atoms. The monoisotopic (exact) mass is 405 g/mol. The van der Waals surface area contributed by atoms with Gasteiger partial charge in [0.2, 0.25) is 0 Å². The van der Waals surface area contributed by atoms with Crippen LogP contribution < -0.4 is 4.72 Å². The van der Waals surface area contributed by atoms with Crippen LogP contribution in [-0.2, 0) is 17.1 Å². The van der Waals surface area contributed by atoms with Gasteiger partial charge in [0.1, 0.15) is 0 Å². The second-order valence-corrected chi connectivity index (χ2v) is 8.49. The largest absolute Gasteiger partial charge is 0.329 e. The number of hydrogen-bond donors (Lipinski definition) is 1. The van der Waals surface area contributed by atoms with E-state index in [1.165, 1.54) is 17.8 Å². The molecule has 0 amide bonds. The third-order valence-corrected chi connectivity index (χ3v) is 5.76. The molecule has 5 nitrogen and oxygen atoms in total. The third kappa shape index (κ3) is 5.14. The van der Waals surface area contributed by atoms with E-state index < -0.39 is 10.0 Å². The van der Waals surface area contributed by atoms with Crippen LogP contribution in [0.3, 0.4) is 0 Å². The van der Waals surface area contributed by atoms with Crippen molar-refractivity contribution in [3.05, 3.63) is 76.9 Å². The first-order chi connectivity index (χ1) is 12.4. The number of aromatic nitrogens is 2. The first-order valence-corrected chi connectivity index (χ1v) is 10.4. The summed E-state index contributed by atoms with van der Waals surface area (Å²) in [5.41, 5.74) is 1.25. The maximum absolute atomic E-state index is 12.2. The van der Waals surface area contributed by atoms with Gasteiger partial charge in [-0.2, -0.15) is 0 Å². The summed E-state index contributed by atoms with van der Waals surface area (Å²) in [5.74, 6) is 0. The standard InChI is InChI=1S/C18H16ClN3O2S2/c1-22-12-11-20-18(22)25-17-8-6-16(7-9-17)21-26(23,24)13-10-14-2-4-15(19)5-3-14/h2-13,21H,1H3/b13-10+. The summed E-state index contributed by atoms with van der Waals surface area (Å²) in [6.45, 7) is 0. The Kier molecular flexibility index (Phi) is 5.70. The molecule has 134 valence electrons. The first kappa shape index (κ1) is 18.6. The van der Waals surface area contributed by atoms with E-state index in [-0.39, 0.29) is 0 Å². The van der Waals surface area contributed by atoms with E-state index in [2.05, 4.69) is 9.71 Å². The number of sulfonamides is 1. The predicted octanol–water partition coefficient (Wildman–Crippen LogP) is 4.64. The zero-order valence-corrected chi connectivity index (χ0v) is 16.2. The Morgan fingerprint density at radius 2 is 1.81 bits per heavy atom. The number of benzene rings is 2. The van der Waals surface area contributed by atoms with Gasteiger partial charge in [-0.05, 0) is 48.0 Å². The van der Waals surface area contributed by atoms with E-state index in [4.69, 9.17) is 11.6 Å². The van der Waals surface area contributed by atoms with Crippen molar-refractivity contribution in [2.75, 3.05) is 4.72 Å². The number of nitrogens with one attached hydrogen (secondary N) is 1. The van der Waals surface area contributed by atoms with Gasteiger partial charge in [0.05, 0.1) is 5.41 Å². The Labute approximate surface area is 161 Å². The van der Waals surface area contributed by atoms with E-state index in [1.807, 2.05) is 29.9 Å². The van der Waals surface area contributed by atoms with Gasteiger partial charge in [-0.25, -0.2) is 13.4 Å². The summed E-state index contributed by atoms with van der Waals surface area (Å²) in [5, 5.41) is 2.60. The van der Waals surface area contributed by atoms with Crippen LogP contribution in [0.15, 0.2) is 76.4 Å². The summed E-state index contributed by atoms with van der Waals surface area (Å²) in [6, 6.07) is 14.0. The number of anilines is 1. The Balaban J connectivity index is 1.65. The summed E-state index contributed by atoms with van der Waals surface area (Å²) >= 11 is 7.32. The Morgan fingerprint density at radius 1 is 1.12 bits per heavy atom. The Morgan fingerprint density at radius 3 is 2.42 bits per heavy atom. The van der Waals surface area contributed by atoms with Crippen molar-refractivity contribution in [2.24, 2.45) is 7.05 Å². The minimum atomic E-state index is -3.60. The summed E-state index contributed by atoms with van der Waals surface area (Å²) in [7, 11) is -1.68. The fourth-order valence-corrected chi connectivity index (χ4v) is 3.88. The van der Waals surface area contributed by atoms with Crippen LogP contribution in [-0.4, -0.2) is 18.0 Å². The Bertz CT molecular complexity index is 1010. The summed E-state index contributed by atoms with van der Waals surface area (Å²) in [6.07, 6.45) is 5.12. The van der Waals surface area contributed by atoms with Crippen LogP contribution in [0, 0.1) is 0 Å². The molecule has 1 heterocycles. The topological polar surface area (TPSA) is 64.0 Å². The van der Waals surface area contributed by atoms with Gasteiger partial charge in [-0.1, -0.05) is 35.5 Å². The first-order valence-electron chi connectivity index (χ1n) is 7.63. The van der Waals surface area contributed by atoms with Gasteiger partial charge in [0, 0.05) is 35.0 Å². The zero-order chi connectivity index (χ0) is 18.6. The highest BCUT2D eigenvalue weighted by Crippen LogP contribution is 2.27. The normalized spacial score (nSPS) is 11.8. The number of imidazole rings is 1. The van der Waals surface area contributed by atoms with Gasteiger partial charge in [0.15, 0.2) is 5.16 Å². The van der Waals surface area contributed by atoms with Crippen molar-refractivity contribution in [3.8, 4) is 0 Å². The summed E-state index contributed by atoms with van der Waals surface area (Å²) < 4.78 is 28.8. The van der Waals surface area contributed by atoms with Crippen LogP contribution in [0.25, 0.3) is 6.08 Å². The van der Waals surface area contributed by atoms with Crippen molar-refractivity contribution in [3.63, 3.8) is 0 Å². The zero-order valence-electron chi connectivity index (χ0n) is 13.8. The molecule has 0 saturated carbocycles.